The van der Waals surface area contributed by atoms with Crippen molar-refractivity contribution in [2.24, 2.45) is 5.73 Å². The molecule has 148 valence electrons. The average molecular weight is 360 g/mol. The third-order valence-electron chi connectivity index (χ3n) is 3.17. The molecule has 0 aliphatic rings. The summed E-state index contributed by atoms with van der Waals surface area (Å²) in [5.41, 5.74) is 4.50. The minimum atomic E-state index is -0.538. The van der Waals surface area contributed by atoms with Gasteiger partial charge in [-0.1, -0.05) is 0 Å². The molecule has 0 rings (SSSR count). The van der Waals surface area contributed by atoms with Crippen LogP contribution in [0.5, 0.6) is 0 Å². The van der Waals surface area contributed by atoms with E-state index in [0.717, 1.165) is 0 Å². The number of amides is 2. The summed E-state index contributed by atoms with van der Waals surface area (Å²) in [7, 11) is 0. The van der Waals surface area contributed by atoms with Crippen molar-refractivity contribution in [1.29, 1.82) is 0 Å². The lowest BCUT2D eigenvalue weighted by Gasteiger charge is -2.29. The zero-order valence-corrected chi connectivity index (χ0v) is 17.1. The zero-order valence-electron chi connectivity index (χ0n) is 17.1. The molecule has 7 nitrogen and oxygen atoms in total. The Morgan fingerprint density at radius 2 is 1.20 bits per heavy atom. The highest BCUT2D eigenvalue weighted by Crippen LogP contribution is 2.12. The van der Waals surface area contributed by atoms with Gasteiger partial charge in [0.25, 0.3) is 0 Å². The van der Waals surface area contributed by atoms with E-state index in [9.17, 15) is 9.59 Å². The fourth-order valence-electron chi connectivity index (χ4n) is 2.06. The highest BCUT2D eigenvalue weighted by Gasteiger charge is 2.23. The smallest absolute Gasteiger partial charge is 0.410 e. The number of carbonyl (C=O) groups is 2. The summed E-state index contributed by atoms with van der Waals surface area (Å²) >= 11 is 0. The number of nitrogens with zero attached hydrogens (tertiary/aromatic N) is 2. The highest BCUT2D eigenvalue weighted by atomic mass is 16.6. The summed E-state index contributed by atoms with van der Waals surface area (Å²) in [5, 5.41) is 0. The maximum Gasteiger partial charge on any atom is 0.410 e. The number of hydrogen-bond acceptors (Lipinski definition) is 5. The lowest BCUT2D eigenvalue weighted by atomic mass is 10.2. The average Bonchev–Trinajstić information content (AvgIpc) is 2.42. The number of carbonyl (C=O) groups excluding carboxylic acids is 2. The molecule has 25 heavy (non-hydrogen) atoms. The second-order valence-electron chi connectivity index (χ2n) is 8.02. The summed E-state index contributed by atoms with van der Waals surface area (Å²) in [5.74, 6) is 0. The van der Waals surface area contributed by atoms with Gasteiger partial charge >= 0.3 is 12.2 Å². The molecule has 0 radical (unpaired) electrons. The molecule has 0 heterocycles. The molecule has 0 aromatic heterocycles. The van der Waals surface area contributed by atoms with Crippen LogP contribution >= 0.6 is 0 Å². The van der Waals surface area contributed by atoms with E-state index >= 15 is 0 Å². The number of nitrogens with two attached hydrogens (primary N) is 1. The van der Waals surface area contributed by atoms with Crippen LogP contribution in [0.15, 0.2) is 0 Å². The minimum absolute atomic E-state index is 0.333. The van der Waals surface area contributed by atoms with Crippen LogP contribution in [0.25, 0.3) is 0 Å². The first kappa shape index (κ1) is 23.5. The van der Waals surface area contributed by atoms with E-state index in [-0.39, 0.29) is 12.2 Å². The molecule has 0 bridgehead atoms. The summed E-state index contributed by atoms with van der Waals surface area (Å²) in [4.78, 5) is 27.7. The summed E-state index contributed by atoms with van der Waals surface area (Å²) in [6, 6.07) is 0. The maximum absolute atomic E-state index is 12.3. The molecule has 0 fully saturated rings. The van der Waals surface area contributed by atoms with E-state index in [1.165, 1.54) is 0 Å². The van der Waals surface area contributed by atoms with Crippen molar-refractivity contribution in [3.8, 4) is 0 Å². The zero-order chi connectivity index (χ0) is 19.7. The number of rotatable bonds is 8. The van der Waals surface area contributed by atoms with Gasteiger partial charge in [0.05, 0.1) is 0 Å². The Morgan fingerprint density at radius 1 is 0.800 bits per heavy atom. The van der Waals surface area contributed by atoms with Crippen LogP contribution in [-0.4, -0.2) is 65.9 Å². The molecule has 7 heteroatoms. The molecule has 0 aliphatic carbocycles. The van der Waals surface area contributed by atoms with E-state index in [0.29, 0.717) is 45.6 Å². The third-order valence-corrected chi connectivity index (χ3v) is 3.17. The van der Waals surface area contributed by atoms with Crippen molar-refractivity contribution < 1.29 is 19.1 Å². The van der Waals surface area contributed by atoms with Gasteiger partial charge in [-0.3, -0.25) is 0 Å². The van der Waals surface area contributed by atoms with Gasteiger partial charge in [0.1, 0.15) is 11.2 Å². The standard InChI is InChI=1S/C18H37N3O4/c1-8-20(15(22)24-17(2,3)4)13-10-14-21(12-9-11-19)16(23)25-18(5,6)7/h8-14,19H2,1-7H3. The van der Waals surface area contributed by atoms with E-state index in [1.807, 2.05) is 48.5 Å². The molecule has 0 saturated carbocycles. The molecular formula is C18H37N3O4. The molecule has 2 amide bonds. The first-order valence-corrected chi connectivity index (χ1v) is 9.05. The van der Waals surface area contributed by atoms with Crippen molar-refractivity contribution in [2.45, 2.75) is 72.5 Å². The van der Waals surface area contributed by atoms with Gasteiger partial charge in [0.2, 0.25) is 0 Å². The van der Waals surface area contributed by atoms with Crippen molar-refractivity contribution in [1.82, 2.24) is 9.80 Å². The second-order valence-corrected chi connectivity index (χ2v) is 8.02. The predicted octanol–water partition coefficient (Wildman–Crippen LogP) is 3.22. The van der Waals surface area contributed by atoms with Crippen LogP contribution in [0.1, 0.15) is 61.3 Å². The van der Waals surface area contributed by atoms with E-state index in [4.69, 9.17) is 15.2 Å². The fraction of sp³-hybridized carbons (Fsp3) is 0.889. The largest absolute Gasteiger partial charge is 0.444 e. The van der Waals surface area contributed by atoms with Gasteiger partial charge in [-0.2, -0.15) is 0 Å². The van der Waals surface area contributed by atoms with Gasteiger partial charge in [-0.05, 0) is 67.9 Å². The quantitative estimate of drug-likeness (QED) is 0.719. The van der Waals surface area contributed by atoms with Gasteiger partial charge in [0.15, 0.2) is 0 Å². The van der Waals surface area contributed by atoms with Crippen molar-refractivity contribution >= 4 is 12.2 Å². The molecule has 0 unspecified atom stereocenters. The summed E-state index contributed by atoms with van der Waals surface area (Å²) < 4.78 is 10.8. The molecule has 0 aromatic rings. The molecule has 0 saturated heterocycles. The van der Waals surface area contributed by atoms with Crippen LogP contribution in [0.2, 0.25) is 0 Å². The van der Waals surface area contributed by atoms with E-state index in [2.05, 4.69) is 0 Å². The normalized spacial score (nSPS) is 11.8. The van der Waals surface area contributed by atoms with Crippen LogP contribution in [-0.2, 0) is 9.47 Å². The lowest BCUT2D eigenvalue weighted by Crippen LogP contribution is -2.41. The van der Waals surface area contributed by atoms with Crippen molar-refractivity contribution in [3.05, 3.63) is 0 Å². The molecule has 2 N–H and O–H groups in total. The molecule has 0 spiro atoms. The summed E-state index contributed by atoms with van der Waals surface area (Å²) in [6.45, 7) is 15.6. The SMILES string of the molecule is CCN(CCCN(CCCN)C(=O)OC(C)(C)C)C(=O)OC(C)(C)C. The monoisotopic (exact) mass is 359 g/mol. The van der Waals surface area contributed by atoms with Crippen molar-refractivity contribution in [3.63, 3.8) is 0 Å². The maximum atomic E-state index is 12.3. The Hall–Kier alpha value is -1.50. The molecule has 0 aromatic carbocycles. The van der Waals surface area contributed by atoms with Crippen LogP contribution in [0.3, 0.4) is 0 Å². The predicted molar refractivity (Wildman–Crippen MR) is 99.6 cm³/mol. The van der Waals surface area contributed by atoms with E-state index < -0.39 is 11.2 Å². The van der Waals surface area contributed by atoms with Crippen LogP contribution in [0.4, 0.5) is 9.59 Å². The molecule has 0 aliphatic heterocycles. The van der Waals surface area contributed by atoms with Gasteiger partial charge < -0.3 is 25.0 Å². The Bertz CT molecular complexity index is 414. The Balaban J connectivity index is 4.60. The van der Waals surface area contributed by atoms with Crippen LogP contribution < -0.4 is 5.73 Å². The molecular weight excluding hydrogens is 322 g/mol. The summed E-state index contributed by atoms with van der Waals surface area (Å²) in [6.07, 6.45) is 0.682. The van der Waals surface area contributed by atoms with E-state index in [1.54, 1.807) is 9.80 Å². The second kappa shape index (κ2) is 10.5. The van der Waals surface area contributed by atoms with Gasteiger partial charge in [-0.25, -0.2) is 9.59 Å². The topological polar surface area (TPSA) is 85.1 Å². The van der Waals surface area contributed by atoms with Crippen LogP contribution in [0, 0.1) is 0 Å². The van der Waals surface area contributed by atoms with Gasteiger partial charge in [0, 0.05) is 26.2 Å². The highest BCUT2D eigenvalue weighted by molar-refractivity contribution is 5.68. The Labute approximate surface area is 152 Å². The van der Waals surface area contributed by atoms with Crippen molar-refractivity contribution in [2.75, 3.05) is 32.7 Å². The lowest BCUT2D eigenvalue weighted by molar-refractivity contribution is 0.0210. The first-order chi connectivity index (χ1) is 11.4. The fourth-order valence-corrected chi connectivity index (χ4v) is 2.06. The third kappa shape index (κ3) is 11.6. The van der Waals surface area contributed by atoms with Gasteiger partial charge in [-0.15, -0.1) is 0 Å². The first-order valence-electron chi connectivity index (χ1n) is 9.05. The Morgan fingerprint density at radius 3 is 1.60 bits per heavy atom. The molecule has 0 atom stereocenters. The Kier molecular flexibility index (Phi) is 9.85. The minimum Gasteiger partial charge on any atom is -0.444 e. The number of ether oxygens (including phenoxy) is 2. The number of hydrogen-bond donors (Lipinski definition) is 1.